The highest BCUT2D eigenvalue weighted by Crippen LogP contribution is 2.25. The number of rotatable bonds is 7. The SMILES string of the molecule is CCN(Cc1cccc(CNC2CC2)c1)C1CCCC1. The summed E-state index contributed by atoms with van der Waals surface area (Å²) in [6.07, 6.45) is 8.38. The topological polar surface area (TPSA) is 15.3 Å². The number of nitrogens with zero attached hydrogens (tertiary/aromatic N) is 1. The van der Waals surface area contributed by atoms with E-state index in [0.29, 0.717) is 0 Å². The van der Waals surface area contributed by atoms with Crippen molar-refractivity contribution in [3.05, 3.63) is 35.4 Å². The van der Waals surface area contributed by atoms with Gasteiger partial charge in [-0.2, -0.15) is 0 Å². The molecule has 2 aliphatic rings. The highest BCUT2D eigenvalue weighted by molar-refractivity contribution is 5.23. The van der Waals surface area contributed by atoms with Gasteiger partial charge in [0.2, 0.25) is 0 Å². The minimum Gasteiger partial charge on any atom is -0.310 e. The van der Waals surface area contributed by atoms with Crippen LogP contribution in [-0.4, -0.2) is 23.5 Å². The highest BCUT2D eigenvalue weighted by atomic mass is 15.1. The molecule has 2 fully saturated rings. The molecule has 0 aromatic heterocycles. The first-order valence-electron chi connectivity index (χ1n) is 8.40. The number of nitrogens with one attached hydrogen (secondary N) is 1. The molecule has 0 saturated heterocycles. The number of hydrogen-bond donors (Lipinski definition) is 1. The van der Waals surface area contributed by atoms with Crippen LogP contribution in [0.5, 0.6) is 0 Å². The Balaban J connectivity index is 1.58. The monoisotopic (exact) mass is 272 g/mol. The average Bonchev–Trinajstić information content (AvgIpc) is 3.15. The van der Waals surface area contributed by atoms with E-state index in [1.165, 1.54) is 56.2 Å². The zero-order chi connectivity index (χ0) is 13.8. The van der Waals surface area contributed by atoms with E-state index in [2.05, 4.69) is 41.4 Å². The zero-order valence-electron chi connectivity index (χ0n) is 12.8. The van der Waals surface area contributed by atoms with Crippen LogP contribution in [0.25, 0.3) is 0 Å². The quantitative estimate of drug-likeness (QED) is 0.814. The lowest BCUT2D eigenvalue weighted by molar-refractivity contribution is 0.200. The molecule has 0 aliphatic heterocycles. The maximum Gasteiger partial charge on any atom is 0.0236 e. The van der Waals surface area contributed by atoms with Crippen molar-refractivity contribution in [2.75, 3.05) is 6.54 Å². The van der Waals surface area contributed by atoms with Gasteiger partial charge in [-0.15, -0.1) is 0 Å². The van der Waals surface area contributed by atoms with Crippen LogP contribution < -0.4 is 5.32 Å². The predicted octanol–water partition coefficient (Wildman–Crippen LogP) is 3.70. The standard InChI is InChI=1S/C18H28N2/c1-2-20(18-8-3-4-9-18)14-16-7-5-6-15(12-16)13-19-17-10-11-17/h5-7,12,17-19H,2-4,8-11,13-14H2,1H3. The molecule has 0 radical (unpaired) electrons. The van der Waals surface area contributed by atoms with Crippen LogP contribution in [0.2, 0.25) is 0 Å². The Hall–Kier alpha value is -0.860. The Morgan fingerprint density at radius 2 is 1.85 bits per heavy atom. The number of hydrogen-bond acceptors (Lipinski definition) is 2. The Kier molecular flexibility index (Phi) is 4.74. The molecular formula is C18H28N2. The minimum atomic E-state index is 0.796. The van der Waals surface area contributed by atoms with Gasteiger partial charge in [0.1, 0.15) is 0 Å². The van der Waals surface area contributed by atoms with E-state index in [1.54, 1.807) is 0 Å². The van der Waals surface area contributed by atoms with Gasteiger partial charge in [-0.05, 0) is 43.4 Å². The van der Waals surface area contributed by atoms with Crippen LogP contribution >= 0.6 is 0 Å². The lowest BCUT2D eigenvalue weighted by Gasteiger charge is -2.27. The molecule has 0 unspecified atom stereocenters. The minimum absolute atomic E-state index is 0.796. The third-order valence-electron chi connectivity index (χ3n) is 4.80. The maximum absolute atomic E-state index is 3.61. The highest BCUT2D eigenvalue weighted by Gasteiger charge is 2.22. The molecule has 0 bridgehead atoms. The molecule has 2 nitrogen and oxygen atoms in total. The third kappa shape index (κ3) is 3.83. The summed E-state index contributed by atoms with van der Waals surface area (Å²) in [7, 11) is 0. The summed E-state index contributed by atoms with van der Waals surface area (Å²) in [5.41, 5.74) is 2.92. The first kappa shape index (κ1) is 14.1. The average molecular weight is 272 g/mol. The Morgan fingerprint density at radius 3 is 2.55 bits per heavy atom. The fourth-order valence-corrected chi connectivity index (χ4v) is 3.39. The van der Waals surface area contributed by atoms with Crippen molar-refractivity contribution in [3.63, 3.8) is 0 Å². The summed E-state index contributed by atoms with van der Waals surface area (Å²) >= 11 is 0. The predicted molar refractivity (Wildman–Crippen MR) is 84.6 cm³/mol. The second kappa shape index (κ2) is 6.73. The van der Waals surface area contributed by atoms with Crippen molar-refractivity contribution in [2.45, 2.75) is 70.6 Å². The van der Waals surface area contributed by atoms with Crippen LogP contribution in [0, 0.1) is 0 Å². The molecule has 0 amide bonds. The summed E-state index contributed by atoms with van der Waals surface area (Å²) in [5.74, 6) is 0. The second-order valence-corrected chi connectivity index (χ2v) is 6.48. The molecule has 2 heteroatoms. The van der Waals surface area contributed by atoms with Gasteiger partial charge in [0.25, 0.3) is 0 Å². The van der Waals surface area contributed by atoms with Crippen molar-refractivity contribution in [2.24, 2.45) is 0 Å². The summed E-state index contributed by atoms with van der Waals surface area (Å²) in [5, 5.41) is 3.61. The normalized spacial score (nSPS) is 19.9. The largest absolute Gasteiger partial charge is 0.310 e. The van der Waals surface area contributed by atoms with Gasteiger partial charge < -0.3 is 5.32 Å². The van der Waals surface area contributed by atoms with Gasteiger partial charge in [0.05, 0.1) is 0 Å². The molecule has 110 valence electrons. The molecule has 1 aromatic rings. The van der Waals surface area contributed by atoms with Crippen LogP contribution in [0.3, 0.4) is 0 Å². The Labute approximate surface area is 123 Å². The van der Waals surface area contributed by atoms with Gasteiger partial charge in [-0.25, -0.2) is 0 Å². The molecule has 0 atom stereocenters. The van der Waals surface area contributed by atoms with Gasteiger partial charge in [-0.1, -0.05) is 44.0 Å². The zero-order valence-corrected chi connectivity index (χ0v) is 12.8. The first-order valence-corrected chi connectivity index (χ1v) is 8.40. The smallest absolute Gasteiger partial charge is 0.0236 e. The molecule has 0 spiro atoms. The molecule has 0 heterocycles. The number of benzene rings is 1. The lowest BCUT2D eigenvalue weighted by Crippen LogP contribution is -2.32. The van der Waals surface area contributed by atoms with Crippen LogP contribution in [0.15, 0.2) is 24.3 Å². The van der Waals surface area contributed by atoms with Crippen LogP contribution in [0.1, 0.15) is 56.6 Å². The van der Waals surface area contributed by atoms with Crippen LogP contribution in [-0.2, 0) is 13.1 Å². The van der Waals surface area contributed by atoms with Gasteiger partial charge in [-0.3, -0.25) is 4.90 Å². The molecule has 3 rings (SSSR count). The van der Waals surface area contributed by atoms with Crippen molar-refractivity contribution in [1.29, 1.82) is 0 Å². The molecule has 2 saturated carbocycles. The van der Waals surface area contributed by atoms with Crippen molar-refractivity contribution in [1.82, 2.24) is 10.2 Å². The van der Waals surface area contributed by atoms with E-state index in [4.69, 9.17) is 0 Å². The summed E-state index contributed by atoms with van der Waals surface area (Å²) in [4.78, 5) is 2.67. The third-order valence-corrected chi connectivity index (χ3v) is 4.80. The van der Waals surface area contributed by atoms with E-state index in [-0.39, 0.29) is 0 Å². The second-order valence-electron chi connectivity index (χ2n) is 6.48. The van der Waals surface area contributed by atoms with Gasteiger partial charge >= 0.3 is 0 Å². The van der Waals surface area contributed by atoms with E-state index in [0.717, 1.165) is 25.2 Å². The molecule has 20 heavy (non-hydrogen) atoms. The Morgan fingerprint density at radius 1 is 1.10 bits per heavy atom. The fraction of sp³-hybridized carbons (Fsp3) is 0.667. The van der Waals surface area contributed by atoms with E-state index in [9.17, 15) is 0 Å². The van der Waals surface area contributed by atoms with Crippen LogP contribution in [0.4, 0.5) is 0 Å². The van der Waals surface area contributed by atoms with E-state index in [1.807, 2.05) is 0 Å². The van der Waals surface area contributed by atoms with Crippen molar-refractivity contribution in [3.8, 4) is 0 Å². The summed E-state index contributed by atoms with van der Waals surface area (Å²) in [6.45, 7) is 5.64. The van der Waals surface area contributed by atoms with Gasteiger partial charge in [0.15, 0.2) is 0 Å². The molecule has 1 N–H and O–H groups in total. The fourth-order valence-electron chi connectivity index (χ4n) is 3.39. The van der Waals surface area contributed by atoms with Gasteiger partial charge in [0, 0.05) is 25.2 Å². The Bertz CT molecular complexity index is 419. The van der Waals surface area contributed by atoms with Crippen molar-refractivity contribution >= 4 is 0 Å². The molecular weight excluding hydrogens is 244 g/mol. The summed E-state index contributed by atoms with van der Waals surface area (Å²) in [6, 6.07) is 10.8. The van der Waals surface area contributed by atoms with E-state index >= 15 is 0 Å². The van der Waals surface area contributed by atoms with E-state index < -0.39 is 0 Å². The summed E-state index contributed by atoms with van der Waals surface area (Å²) < 4.78 is 0. The maximum atomic E-state index is 3.61. The molecule has 2 aliphatic carbocycles. The first-order chi connectivity index (χ1) is 9.85. The lowest BCUT2D eigenvalue weighted by atomic mass is 10.1. The van der Waals surface area contributed by atoms with Crippen molar-refractivity contribution < 1.29 is 0 Å². The molecule has 1 aromatic carbocycles.